The first-order valence-corrected chi connectivity index (χ1v) is 4.72. The summed E-state index contributed by atoms with van der Waals surface area (Å²) in [4.78, 5) is 11.6. The van der Waals surface area contributed by atoms with Gasteiger partial charge in [-0.3, -0.25) is 4.79 Å². The van der Waals surface area contributed by atoms with Crippen LogP contribution in [0, 0.1) is 29.1 Å². The van der Waals surface area contributed by atoms with Crippen molar-refractivity contribution in [1.29, 1.82) is 5.26 Å². The molecule has 14 heavy (non-hydrogen) atoms. The lowest BCUT2D eigenvalue weighted by Crippen LogP contribution is -2.42. The van der Waals surface area contributed by atoms with Crippen LogP contribution in [0.1, 0.15) is 33.6 Å². The van der Waals surface area contributed by atoms with Gasteiger partial charge in [-0.15, -0.1) is 6.42 Å². The van der Waals surface area contributed by atoms with Gasteiger partial charge in [-0.05, 0) is 19.8 Å². The normalized spacial score (nSPS) is 15.8. The summed E-state index contributed by atoms with van der Waals surface area (Å²) < 4.78 is 0. The molecule has 0 radical (unpaired) electrons. The van der Waals surface area contributed by atoms with E-state index < -0.39 is 5.41 Å². The maximum Gasteiger partial charge on any atom is 0.241 e. The highest BCUT2D eigenvalue weighted by Crippen LogP contribution is 2.19. The van der Waals surface area contributed by atoms with Crippen LogP contribution in [-0.2, 0) is 4.79 Å². The summed E-state index contributed by atoms with van der Waals surface area (Å²) >= 11 is 0. The monoisotopic (exact) mass is 192 g/mol. The minimum Gasteiger partial charge on any atom is -0.341 e. The van der Waals surface area contributed by atoms with Crippen molar-refractivity contribution in [3.8, 4) is 18.4 Å². The van der Waals surface area contributed by atoms with Gasteiger partial charge < -0.3 is 5.32 Å². The zero-order chi connectivity index (χ0) is 11.2. The number of nitrogens with zero attached hydrogens (tertiary/aromatic N) is 1. The van der Waals surface area contributed by atoms with E-state index in [1.807, 2.05) is 13.0 Å². The fourth-order valence-corrected chi connectivity index (χ4v) is 0.869. The number of carbonyl (C=O) groups is 1. The largest absolute Gasteiger partial charge is 0.341 e. The molecule has 0 saturated heterocycles. The number of terminal acetylenes is 1. The Hall–Kier alpha value is -1.48. The molecule has 0 aliphatic heterocycles. The molecular formula is C11H16N2O. The van der Waals surface area contributed by atoms with Crippen LogP contribution in [0.5, 0.6) is 0 Å². The molecule has 3 heteroatoms. The molecule has 76 valence electrons. The Morgan fingerprint density at radius 3 is 2.50 bits per heavy atom. The van der Waals surface area contributed by atoms with Gasteiger partial charge in [0.2, 0.25) is 5.91 Å². The predicted molar refractivity (Wildman–Crippen MR) is 55.1 cm³/mol. The lowest BCUT2D eigenvalue weighted by molar-refractivity contribution is -0.128. The van der Waals surface area contributed by atoms with Gasteiger partial charge >= 0.3 is 0 Å². The van der Waals surface area contributed by atoms with Crippen LogP contribution in [0.2, 0.25) is 0 Å². The summed E-state index contributed by atoms with van der Waals surface area (Å²) in [5.41, 5.74) is -0.968. The Balaban J connectivity index is 4.50. The third kappa shape index (κ3) is 2.78. The third-order valence-electron chi connectivity index (χ3n) is 2.37. The van der Waals surface area contributed by atoms with Crippen LogP contribution in [0.4, 0.5) is 0 Å². The van der Waals surface area contributed by atoms with E-state index in [2.05, 4.69) is 11.2 Å². The number of amides is 1. The maximum absolute atomic E-state index is 11.6. The summed E-state index contributed by atoms with van der Waals surface area (Å²) in [6.45, 7) is 5.31. The number of rotatable bonds is 4. The van der Waals surface area contributed by atoms with Crippen molar-refractivity contribution in [2.45, 2.75) is 39.7 Å². The molecule has 0 heterocycles. The van der Waals surface area contributed by atoms with Gasteiger partial charge in [-0.1, -0.05) is 19.8 Å². The van der Waals surface area contributed by atoms with Crippen LogP contribution in [0.25, 0.3) is 0 Å². The minimum atomic E-state index is -0.968. The average molecular weight is 192 g/mol. The summed E-state index contributed by atoms with van der Waals surface area (Å²) in [6.07, 6.45) is 6.37. The SMILES string of the molecule is C#CC(CC)NC(=O)C(C)(C#N)CC. The van der Waals surface area contributed by atoms with Crippen molar-refractivity contribution in [2.24, 2.45) is 5.41 Å². The van der Waals surface area contributed by atoms with Gasteiger partial charge in [0.25, 0.3) is 0 Å². The molecule has 0 aliphatic rings. The second kappa shape index (κ2) is 5.29. The van der Waals surface area contributed by atoms with Crippen LogP contribution < -0.4 is 5.32 Å². The van der Waals surface area contributed by atoms with Crippen LogP contribution in [0.3, 0.4) is 0 Å². The third-order valence-corrected chi connectivity index (χ3v) is 2.37. The molecule has 0 saturated carbocycles. The smallest absolute Gasteiger partial charge is 0.241 e. The summed E-state index contributed by atoms with van der Waals surface area (Å²) in [5, 5.41) is 11.5. The highest BCUT2D eigenvalue weighted by Gasteiger charge is 2.31. The first kappa shape index (κ1) is 12.5. The molecule has 0 aromatic rings. The van der Waals surface area contributed by atoms with Crippen molar-refractivity contribution in [3.05, 3.63) is 0 Å². The zero-order valence-corrected chi connectivity index (χ0v) is 8.92. The zero-order valence-electron chi connectivity index (χ0n) is 8.92. The maximum atomic E-state index is 11.6. The van der Waals surface area contributed by atoms with Gasteiger partial charge in [0.15, 0.2) is 0 Å². The van der Waals surface area contributed by atoms with Crippen LogP contribution in [-0.4, -0.2) is 11.9 Å². The van der Waals surface area contributed by atoms with Gasteiger partial charge in [0, 0.05) is 0 Å². The Labute approximate surface area is 85.5 Å². The fraction of sp³-hybridized carbons (Fsp3) is 0.636. The topological polar surface area (TPSA) is 52.9 Å². The van der Waals surface area contributed by atoms with Gasteiger partial charge in [-0.25, -0.2) is 0 Å². The lowest BCUT2D eigenvalue weighted by atomic mass is 9.88. The van der Waals surface area contributed by atoms with Gasteiger partial charge in [0.05, 0.1) is 12.1 Å². The first-order chi connectivity index (χ1) is 6.53. The molecule has 1 amide bonds. The van der Waals surface area contributed by atoms with Crippen molar-refractivity contribution in [3.63, 3.8) is 0 Å². The number of hydrogen-bond acceptors (Lipinski definition) is 2. The summed E-state index contributed by atoms with van der Waals surface area (Å²) in [5.74, 6) is 2.18. The number of nitrogens with one attached hydrogen (secondary N) is 1. The summed E-state index contributed by atoms with van der Waals surface area (Å²) in [6, 6.07) is 1.72. The molecule has 0 aliphatic carbocycles. The van der Waals surface area contributed by atoms with Crippen molar-refractivity contribution >= 4 is 5.91 Å². The van der Waals surface area contributed by atoms with Crippen molar-refractivity contribution in [2.75, 3.05) is 0 Å². The van der Waals surface area contributed by atoms with Gasteiger partial charge in [0.1, 0.15) is 5.41 Å². The van der Waals surface area contributed by atoms with E-state index in [4.69, 9.17) is 11.7 Å². The van der Waals surface area contributed by atoms with E-state index in [9.17, 15) is 4.79 Å². The number of hydrogen-bond donors (Lipinski definition) is 1. The van der Waals surface area contributed by atoms with E-state index in [1.54, 1.807) is 13.8 Å². The van der Waals surface area contributed by atoms with Crippen molar-refractivity contribution in [1.82, 2.24) is 5.32 Å². The standard InChI is InChI=1S/C11H16N2O/c1-5-9(6-2)13-10(14)11(4,7-3)8-12/h1,9H,6-7H2,2-4H3,(H,13,14). The van der Waals surface area contributed by atoms with Crippen molar-refractivity contribution < 1.29 is 4.79 Å². The van der Waals surface area contributed by atoms with E-state index in [0.717, 1.165) is 0 Å². The number of nitriles is 1. The van der Waals surface area contributed by atoms with E-state index >= 15 is 0 Å². The molecule has 0 aromatic heterocycles. The number of carbonyl (C=O) groups excluding carboxylic acids is 1. The highest BCUT2D eigenvalue weighted by atomic mass is 16.2. The van der Waals surface area contributed by atoms with Gasteiger partial charge in [-0.2, -0.15) is 5.26 Å². The quantitative estimate of drug-likeness (QED) is 0.685. The Bertz CT molecular complexity index is 285. The molecule has 0 rings (SSSR count). The Morgan fingerprint density at radius 1 is 1.64 bits per heavy atom. The molecule has 0 aromatic carbocycles. The van der Waals surface area contributed by atoms with Crippen LogP contribution >= 0.6 is 0 Å². The second-order valence-electron chi connectivity index (χ2n) is 3.40. The highest BCUT2D eigenvalue weighted by molar-refractivity contribution is 5.85. The molecule has 3 nitrogen and oxygen atoms in total. The Morgan fingerprint density at radius 2 is 2.21 bits per heavy atom. The van der Waals surface area contributed by atoms with E-state index in [-0.39, 0.29) is 11.9 Å². The second-order valence-corrected chi connectivity index (χ2v) is 3.40. The molecule has 1 N–H and O–H groups in total. The molecule has 0 spiro atoms. The average Bonchev–Trinajstić information content (AvgIpc) is 2.24. The minimum absolute atomic E-state index is 0.276. The fourth-order valence-electron chi connectivity index (χ4n) is 0.869. The first-order valence-electron chi connectivity index (χ1n) is 4.72. The molecule has 0 fully saturated rings. The summed E-state index contributed by atoms with van der Waals surface area (Å²) in [7, 11) is 0. The molecule has 0 bridgehead atoms. The molecule has 2 atom stereocenters. The molecular weight excluding hydrogens is 176 g/mol. The molecule has 2 unspecified atom stereocenters. The lowest BCUT2D eigenvalue weighted by Gasteiger charge is -2.20. The van der Waals surface area contributed by atoms with E-state index in [0.29, 0.717) is 12.8 Å². The Kier molecular flexibility index (Phi) is 4.73. The van der Waals surface area contributed by atoms with Crippen LogP contribution in [0.15, 0.2) is 0 Å². The van der Waals surface area contributed by atoms with E-state index in [1.165, 1.54) is 0 Å². The predicted octanol–water partition coefficient (Wildman–Crippen LogP) is 1.45.